The van der Waals surface area contributed by atoms with Gasteiger partial charge in [-0.1, -0.05) is 32.9 Å². The fourth-order valence-electron chi connectivity index (χ4n) is 3.25. The molecule has 2 nitrogen and oxygen atoms in total. The van der Waals surface area contributed by atoms with Crippen LogP contribution in [0.25, 0.3) is 0 Å². The zero-order valence-corrected chi connectivity index (χ0v) is 12.2. The SMILES string of the molecule is CC1CC(C)(C)CCC1NCc1cccc(C#N)c1. The Balaban J connectivity index is 1.90. The molecule has 2 unspecified atom stereocenters. The summed E-state index contributed by atoms with van der Waals surface area (Å²) in [4.78, 5) is 0. The highest BCUT2D eigenvalue weighted by Crippen LogP contribution is 2.38. The summed E-state index contributed by atoms with van der Waals surface area (Å²) in [5.74, 6) is 0.725. The second-order valence-electron chi connectivity index (χ2n) is 6.68. The lowest BCUT2D eigenvalue weighted by molar-refractivity contribution is 0.148. The third kappa shape index (κ3) is 3.81. The maximum absolute atomic E-state index is 8.91. The van der Waals surface area contributed by atoms with Crippen LogP contribution in [0.1, 0.15) is 51.2 Å². The highest BCUT2D eigenvalue weighted by molar-refractivity contribution is 5.32. The normalized spacial score (nSPS) is 25.8. The van der Waals surface area contributed by atoms with Crippen molar-refractivity contribution in [3.05, 3.63) is 35.4 Å². The molecule has 0 aromatic heterocycles. The molecule has 1 aliphatic carbocycles. The van der Waals surface area contributed by atoms with E-state index in [1.54, 1.807) is 0 Å². The van der Waals surface area contributed by atoms with Gasteiger partial charge in [0.25, 0.3) is 0 Å². The van der Waals surface area contributed by atoms with Crippen LogP contribution in [0.3, 0.4) is 0 Å². The maximum atomic E-state index is 8.91. The molecular formula is C17H24N2. The molecular weight excluding hydrogens is 232 g/mol. The predicted octanol–water partition coefficient (Wildman–Crippen LogP) is 3.86. The van der Waals surface area contributed by atoms with E-state index in [0.29, 0.717) is 11.5 Å². The molecule has 1 aromatic carbocycles. The van der Waals surface area contributed by atoms with E-state index in [-0.39, 0.29) is 0 Å². The highest BCUT2D eigenvalue weighted by Gasteiger charge is 2.31. The third-order valence-electron chi connectivity index (χ3n) is 4.32. The van der Waals surface area contributed by atoms with Crippen LogP contribution in [-0.4, -0.2) is 6.04 Å². The summed E-state index contributed by atoms with van der Waals surface area (Å²) in [7, 11) is 0. The van der Waals surface area contributed by atoms with Crippen molar-refractivity contribution in [2.75, 3.05) is 0 Å². The van der Waals surface area contributed by atoms with Gasteiger partial charge in [0.2, 0.25) is 0 Å². The van der Waals surface area contributed by atoms with Crippen LogP contribution < -0.4 is 5.32 Å². The molecule has 0 heterocycles. The van der Waals surface area contributed by atoms with Gasteiger partial charge in [-0.25, -0.2) is 0 Å². The highest BCUT2D eigenvalue weighted by atomic mass is 14.9. The van der Waals surface area contributed by atoms with E-state index in [1.165, 1.54) is 24.8 Å². The molecule has 1 aromatic rings. The first-order valence-corrected chi connectivity index (χ1v) is 7.23. The minimum Gasteiger partial charge on any atom is -0.310 e. The average Bonchev–Trinajstić information content (AvgIpc) is 2.37. The standard InChI is InChI=1S/C17H24N2/c1-13-10-17(2,3)8-7-16(13)19-12-15-6-4-5-14(9-15)11-18/h4-6,9,13,16,19H,7-8,10,12H2,1-3H3. The van der Waals surface area contributed by atoms with Crippen molar-refractivity contribution in [1.82, 2.24) is 5.32 Å². The Morgan fingerprint density at radius 1 is 1.42 bits per heavy atom. The fourth-order valence-corrected chi connectivity index (χ4v) is 3.25. The van der Waals surface area contributed by atoms with Crippen molar-refractivity contribution in [3.8, 4) is 6.07 Å². The van der Waals surface area contributed by atoms with Crippen molar-refractivity contribution < 1.29 is 0 Å². The van der Waals surface area contributed by atoms with Gasteiger partial charge >= 0.3 is 0 Å². The van der Waals surface area contributed by atoms with Crippen LogP contribution in [0.2, 0.25) is 0 Å². The van der Waals surface area contributed by atoms with E-state index >= 15 is 0 Å². The van der Waals surface area contributed by atoms with E-state index in [2.05, 4.69) is 38.2 Å². The molecule has 2 atom stereocenters. The molecule has 0 amide bonds. The third-order valence-corrected chi connectivity index (χ3v) is 4.32. The van der Waals surface area contributed by atoms with Gasteiger partial charge in [0.05, 0.1) is 11.6 Å². The minimum atomic E-state index is 0.498. The molecule has 0 aliphatic heterocycles. The molecule has 2 heteroatoms. The number of nitrogens with zero attached hydrogens (tertiary/aromatic N) is 1. The van der Waals surface area contributed by atoms with Crippen LogP contribution in [0, 0.1) is 22.7 Å². The predicted molar refractivity (Wildman–Crippen MR) is 78.6 cm³/mol. The number of rotatable bonds is 3. The molecule has 0 radical (unpaired) electrons. The van der Waals surface area contributed by atoms with Crippen LogP contribution >= 0.6 is 0 Å². The number of nitrogens with one attached hydrogen (secondary N) is 1. The smallest absolute Gasteiger partial charge is 0.0991 e. The summed E-state index contributed by atoms with van der Waals surface area (Å²) in [6.45, 7) is 7.96. The van der Waals surface area contributed by atoms with Crippen LogP contribution in [0.5, 0.6) is 0 Å². The average molecular weight is 256 g/mol. The quantitative estimate of drug-likeness (QED) is 0.891. The molecule has 0 spiro atoms. The van der Waals surface area contributed by atoms with Crippen molar-refractivity contribution in [3.63, 3.8) is 0 Å². The van der Waals surface area contributed by atoms with Gasteiger partial charge in [-0.2, -0.15) is 5.26 Å². The number of nitriles is 1. The largest absolute Gasteiger partial charge is 0.310 e. The van der Waals surface area contributed by atoms with Gasteiger partial charge in [0.1, 0.15) is 0 Å². The van der Waals surface area contributed by atoms with Gasteiger partial charge in [0, 0.05) is 12.6 Å². The second kappa shape index (κ2) is 5.75. The first kappa shape index (κ1) is 14.1. The fraction of sp³-hybridized carbons (Fsp3) is 0.588. The molecule has 2 rings (SSSR count). The molecule has 1 N–H and O–H groups in total. The van der Waals surface area contributed by atoms with Crippen molar-refractivity contribution in [1.29, 1.82) is 5.26 Å². The zero-order chi connectivity index (χ0) is 13.9. The van der Waals surface area contributed by atoms with Crippen molar-refractivity contribution >= 4 is 0 Å². The lowest BCUT2D eigenvalue weighted by Crippen LogP contribution is -2.41. The summed E-state index contributed by atoms with van der Waals surface area (Å²) in [5, 5.41) is 12.6. The number of hydrogen-bond donors (Lipinski definition) is 1. The first-order chi connectivity index (χ1) is 9.00. The Kier molecular flexibility index (Phi) is 4.27. The molecule has 19 heavy (non-hydrogen) atoms. The Morgan fingerprint density at radius 3 is 2.89 bits per heavy atom. The molecule has 1 fully saturated rings. The molecule has 0 bridgehead atoms. The van der Waals surface area contributed by atoms with E-state index < -0.39 is 0 Å². The van der Waals surface area contributed by atoms with Crippen molar-refractivity contribution in [2.45, 2.75) is 52.6 Å². The van der Waals surface area contributed by atoms with E-state index in [4.69, 9.17) is 5.26 Å². The Morgan fingerprint density at radius 2 is 2.21 bits per heavy atom. The Labute approximate surface area is 116 Å². The van der Waals surface area contributed by atoms with Crippen molar-refractivity contribution in [2.24, 2.45) is 11.3 Å². The summed E-state index contributed by atoms with van der Waals surface area (Å²) in [5.41, 5.74) is 2.45. The maximum Gasteiger partial charge on any atom is 0.0991 e. The van der Waals surface area contributed by atoms with E-state index in [0.717, 1.165) is 18.0 Å². The lowest BCUT2D eigenvalue weighted by Gasteiger charge is -2.39. The van der Waals surface area contributed by atoms with Gasteiger partial charge < -0.3 is 5.32 Å². The second-order valence-corrected chi connectivity index (χ2v) is 6.68. The first-order valence-electron chi connectivity index (χ1n) is 7.23. The van der Waals surface area contributed by atoms with Gasteiger partial charge in [-0.3, -0.25) is 0 Å². The zero-order valence-electron chi connectivity index (χ0n) is 12.2. The number of hydrogen-bond acceptors (Lipinski definition) is 2. The summed E-state index contributed by atoms with van der Waals surface area (Å²) in [6.07, 6.45) is 3.85. The van der Waals surface area contributed by atoms with Crippen LogP contribution in [-0.2, 0) is 6.54 Å². The number of benzene rings is 1. The van der Waals surface area contributed by atoms with E-state index in [1.807, 2.05) is 18.2 Å². The Bertz CT molecular complexity index is 470. The van der Waals surface area contributed by atoms with Gasteiger partial charge in [-0.05, 0) is 48.3 Å². The Hall–Kier alpha value is -1.33. The van der Waals surface area contributed by atoms with Crippen LogP contribution in [0.4, 0.5) is 0 Å². The molecule has 1 aliphatic rings. The molecule has 0 saturated heterocycles. The topological polar surface area (TPSA) is 35.8 Å². The summed E-state index contributed by atoms with van der Waals surface area (Å²) in [6, 6.07) is 10.7. The lowest BCUT2D eigenvalue weighted by atomic mass is 9.70. The minimum absolute atomic E-state index is 0.498. The molecule has 1 saturated carbocycles. The molecule has 102 valence electrons. The van der Waals surface area contributed by atoms with E-state index in [9.17, 15) is 0 Å². The van der Waals surface area contributed by atoms with Crippen LogP contribution in [0.15, 0.2) is 24.3 Å². The van der Waals surface area contributed by atoms with Gasteiger partial charge in [-0.15, -0.1) is 0 Å². The monoisotopic (exact) mass is 256 g/mol. The summed E-state index contributed by atoms with van der Waals surface area (Å²) >= 11 is 0. The van der Waals surface area contributed by atoms with Gasteiger partial charge in [0.15, 0.2) is 0 Å². The summed E-state index contributed by atoms with van der Waals surface area (Å²) < 4.78 is 0.